The second-order valence-electron chi connectivity index (χ2n) is 16.3. The fourth-order valence-corrected chi connectivity index (χ4v) is 8.80. The second kappa shape index (κ2) is 10.5. The molecule has 5 rings (SSSR count). The summed E-state index contributed by atoms with van der Waals surface area (Å²) < 4.78 is 6.95. The Kier molecular flexibility index (Phi) is 7.66. The van der Waals surface area contributed by atoms with Crippen LogP contribution >= 0.6 is 0 Å². The lowest BCUT2D eigenvalue weighted by Crippen LogP contribution is -2.70. The number of carbonyl (C=O) groups excluding carboxylic acids is 3. The van der Waals surface area contributed by atoms with E-state index in [0.717, 1.165) is 31.3 Å². The molecule has 1 saturated heterocycles. The normalized spacial score (nSPS) is 33.5. The van der Waals surface area contributed by atoms with Gasteiger partial charge in [0.05, 0.1) is 5.41 Å². The van der Waals surface area contributed by atoms with Crippen LogP contribution in [-0.2, 0) is 14.3 Å². The molecule has 1 aromatic carbocycles. The molecule has 1 aliphatic heterocycles. The minimum atomic E-state index is -1.46. The van der Waals surface area contributed by atoms with Gasteiger partial charge in [-0.1, -0.05) is 57.9 Å². The van der Waals surface area contributed by atoms with Gasteiger partial charge in [-0.15, -0.1) is 0 Å². The summed E-state index contributed by atoms with van der Waals surface area (Å²) in [6, 6.07) is 3.86. The predicted octanol–water partition coefficient (Wildman–Crippen LogP) is 8.42. The quantitative estimate of drug-likeness (QED) is 0.111. The molecule has 5 atom stereocenters. The number of hydrogen-bond acceptors (Lipinski definition) is 6. The van der Waals surface area contributed by atoms with Crippen LogP contribution in [0.1, 0.15) is 118 Å². The van der Waals surface area contributed by atoms with Gasteiger partial charge in [-0.05, 0) is 108 Å². The van der Waals surface area contributed by atoms with Gasteiger partial charge in [0, 0.05) is 11.0 Å². The molecular weight excluding hydrogens is 552 g/mol. The molecular formula is C38H50O6. The Labute approximate surface area is 262 Å². The summed E-state index contributed by atoms with van der Waals surface area (Å²) >= 11 is 0. The monoisotopic (exact) mass is 602 g/mol. The van der Waals surface area contributed by atoms with E-state index in [-0.39, 0.29) is 57.7 Å². The Morgan fingerprint density at radius 1 is 0.932 bits per heavy atom. The van der Waals surface area contributed by atoms with Crippen molar-refractivity contribution < 1.29 is 29.3 Å². The van der Waals surface area contributed by atoms with E-state index in [9.17, 15) is 15.0 Å². The average molecular weight is 603 g/mol. The number of phenols is 2. The summed E-state index contributed by atoms with van der Waals surface area (Å²) in [6.07, 6.45) is 8.62. The smallest absolute Gasteiger partial charge is 0.200 e. The highest BCUT2D eigenvalue weighted by molar-refractivity contribution is 6.35. The van der Waals surface area contributed by atoms with Crippen LogP contribution in [-0.4, -0.2) is 33.7 Å². The third kappa shape index (κ3) is 4.70. The molecule has 6 heteroatoms. The van der Waals surface area contributed by atoms with Gasteiger partial charge in [-0.25, -0.2) is 0 Å². The van der Waals surface area contributed by atoms with E-state index in [4.69, 9.17) is 4.74 Å². The average Bonchev–Trinajstić information content (AvgIpc) is 2.91. The van der Waals surface area contributed by atoms with Gasteiger partial charge >= 0.3 is 0 Å². The van der Waals surface area contributed by atoms with Crippen molar-refractivity contribution in [3.05, 3.63) is 58.4 Å². The van der Waals surface area contributed by atoms with Crippen molar-refractivity contribution in [2.45, 2.75) is 113 Å². The molecule has 238 valence electrons. The van der Waals surface area contributed by atoms with Crippen molar-refractivity contribution >= 4 is 17.3 Å². The summed E-state index contributed by atoms with van der Waals surface area (Å²) in [5.41, 5.74) is -1.39. The molecule has 0 amide bonds. The number of hydrogen-bond donors (Lipinski definition) is 2. The summed E-state index contributed by atoms with van der Waals surface area (Å²) in [4.78, 5) is 45.2. The van der Waals surface area contributed by atoms with Crippen LogP contribution in [0.2, 0.25) is 0 Å². The molecule has 3 fully saturated rings. The minimum Gasteiger partial charge on any atom is -0.504 e. The van der Waals surface area contributed by atoms with Gasteiger partial charge in [0.1, 0.15) is 22.9 Å². The van der Waals surface area contributed by atoms with Crippen LogP contribution in [0.3, 0.4) is 0 Å². The maximum absolute atomic E-state index is 15.4. The third-order valence-electron chi connectivity index (χ3n) is 11.8. The molecule has 1 heterocycles. The lowest BCUT2D eigenvalue weighted by molar-refractivity contribution is -0.196. The van der Waals surface area contributed by atoms with Gasteiger partial charge in [0.2, 0.25) is 0 Å². The van der Waals surface area contributed by atoms with Crippen molar-refractivity contribution in [1.82, 2.24) is 0 Å². The van der Waals surface area contributed by atoms with Gasteiger partial charge in [0.25, 0.3) is 0 Å². The standard InChI is InChI=1S/C38H50O6/c1-22(2)10-12-25-19-37-21-36(9)17-16-34(5,6)20-28(36)44-32(37)29(30(41)24-11-13-26(39)27(40)18-24)31(42)38(33(37)43,35(25,7)8)15-14-23(3)4/h10-11,13-14,18,25,28,39-40H,12,15-17,19-21H2,1-9H3/t25-,28-,36-,37-,38+/m0/s1. The van der Waals surface area contributed by atoms with Crippen LogP contribution in [0, 0.1) is 33.0 Å². The van der Waals surface area contributed by atoms with Crippen LogP contribution in [0.5, 0.6) is 11.5 Å². The maximum Gasteiger partial charge on any atom is 0.200 e. The molecule has 2 saturated carbocycles. The van der Waals surface area contributed by atoms with Gasteiger partial charge in [-0.2, -0.15) is 0 Å². The van der Waals surface area contributed by atoms with Crippen molar-refractivity contribution in [3.8, 4) is 11.5 Å². The number of allylic oxidation sites excluding steroid dienone is 6. The molecule has 2 N–H and O–H groups in total. The SMILES string of the molecule is CC(C)=CC[C@H]1C[C@]23C[C@]4(C)CCC(C)(C)C[C@@H]4OC2=C(C(=O)c2ccc(O)c(O)c2)C(=O)[C@](CC=C(C)C)(C3=O)C1(C)C. The zero-order chi connectivity index (χ0) is 32.6. The molecule has 1 spiro atoms. The predicted molar refractivity (Wildman–Crippen MR) is 171 cm³/mol. The van der Waals surface area contributed by atoms with Crippen molar-refractivity contribution in [2.24, 2.45) is 33.0 Å². The Hall–Kier alpha value is -3.15. The fourth-order valence-electron chi connectivity index (χ4n) is 8.80. The first-order valence-electron chi connectivity index (χ1n) is 16.2. The van der Waals surface area contributed by atoms with E-state index >= 15 is 9.59 Å². The van der Waals surface area contributed by atoms with Crippen molar-refractivity contribution in [3.63, 3.8) is 0 Å². The topological polar surface area (TPSA) is 101 Å². The third-order valence-corrected chi connectivity index (χ3v) is 11.8. The van der Waals surface area contributed by atoms with Crippen LogP contribution < -0.4 is 0 Å². The number of ether oxygens (including phenoxy) is 1. The van der Waals surface area contributed by atoms with Crippen molar-refractivity contribution in [1.29, 1.82) is 0 Å². The largest absolute Gasteiger partial charge is 0.504 e. The molecule has 6 nitrogen and oxygen atoms in total. The summed E-state index contributed by atoms with van der Waals surface area (Å²) in [5.74, 6) is -1.70. The molecule has 0 radical (unpaired) electrons. The number of phenolic OH excluding ortho intramolecular Hbond substituents is 2. The first kappa shape index (κ1) is 32.2. The number of aromatic hydroxyl groups is 2. The number of benzene rings is 1. The molecule has 1 aromatic rings. The van der Waals surface area contributed by atoms with E-state index in [1.54, 1.807) is 0 Å². The first-order valence-corrected chi connectivity index (χ1v) is 16.2. The zero-order valence-corrected chi connectivity index (χ0v) is 28.0. The Morgan fingerprint density at radius 2 is 1.59 bits per heavy atom. The van der Waals surface area contributed by atoms with E-state index in [1.165, 1.54) is 23.8 Å². The molecule has 0 unspecified atom stereocenters. The van der Waals surface area contributed by atoms with Gasteiger partial charge in [-0.3, -0.25) is 14.4 Å². The van der Waals surface area contributed by atoms with Crippen molar-refractivity contribution in [2.75, 3.05) is 0 Å². The Bertz CT molecular complexity index is 1510. The highest BCUT2D eigenvalue weighted by Gasteiger charge is 2.75. The van der Waals surface area contributed by atoms with E-state index in [1.807, 2.05) is 33.8 Å². The summed E-state index contributed by atoms with van der Waals surface area (Å²) in [5, 5.41) is 20.3. The molecule has 2 bridgehead atoms. The van der Waals surface area contributed by atoms with Crippen LogP contribution in [0.25, 0.3) is 0 Å². The molecule has 4 aliphatic rings. The fraction of sp³-hybridized carbons (Fsp3) is 0.605. The number of ketones is 3. The molecule has 0 aromatic heterocycles. The number of rotatable bonds is 6. The molecule has 3 aliphatic carbocycles. The van der Waals surface area contributed by atoms with Gasteiger partial charge < -0.3 is 14.9 Å². The Balaban J connectivity index is 1.83. The minimum absolute atomic E-state index is 0.00207. The summed E-state index contributed by atoms with van der Waals surface area (Å²) in [6.45, 7) is 18.8. The van der Waals surface area contributed by atoms with Crippen LogP contribution in [0.4, 0.5) is 0 Å². The van der Waals surface area contributed by atoms with Gasteiger partial charge in [0.15, 0.2) is 28.8 Å². The highest BCUT2D eigenvalue weighted by Crippen LogP contribution is 2.71. The highest BCUT2D eigenvalue weighted by atomic mass is 16.5. The van der Waals surface area contributed by atoms with Crippen LogP contribution in [0.15, 0.2) is 52.8 Å². The number of carbonyl (C=O) groups is 3. The molecule has 44 heavy (non-hydrogen) atoms. The number of Topliss-reactive ketones (excluding diaryl/α,β-unsaturated/α-hetero) is 3. The Morgan fingerprint density at radius 3 is 2.20 bits per heavy atom. The van der Waals surface area contributed by atoms with E-state index in [0.29, 0.717) is 12.8 Å². The summed E-state index contributed by atoms with van der Waals surface area (Å²) in [7, 11) is 0. The maximum atomic E-state index is 15.4. The first-order chi connectivity index (χ1) is 20.3. The van der Waals surface area contributed by atoms with E-state index < -0.39 is 33.6 Å². The lowest BCUT2D eigenvalue weighted by Gasteiger charge is -2.65. The number of fused-ring (bicyclic) bond motifs is 2. The second-order valence-corrected chi connectivity index (χ2v) is 16.3. The zero-order valence-electron chi connectivity index (χ0n) is 28.0. The lowest BCUT2D eigenvalue weighted by atomic mass is 9.38. The van der Waals surface area contributed by atoms with E-state index in [2.05, 4.69) is 40.7 Å².